The maximum absolute atomic E-state index is 13.1. The Labute approximate surface area is 199 Å². The molecule has 0 radical (unpaired) electrons. The molecule has 4 amide bonds. The van der Waals surface area contributed by atoms with Gasteiger partial charge in [0.2, 0.25) is 11.8 Å². The second-order valence-corrected chi connectivity index (χ2v) is 8.98. The molecule has 11 nitrogen and oxygen atoms in total. The van der Waals surface area contributed by atoms with Gasteiger partial charge in [-0.25, -0.2) is 4.68 Å². The molecule has 2 N–H and O–H groups in total. The van der Waals surface area contributed by atoms with E-state index < -0.39 is 17.9 Å². The van der Waals surface area contributed by atoms with Gasteiger partial charge in [0.1, 0.15) is 6.04 Å². The van der Waals surface area contributed by atoms with Crippen molar-refractivity contribution < 1.29 is 19.2 Å². The number of benzene rings is 1. The van der Waals surface area contributed by atoms with E-state index in [1.165, 1.54) is 15.8 Å². The first-order valence-electron chi connectivity index (χ1n) is 11.4. The molecule has 4 heterocycles. The Morgan fingerprint density at radius 3 is 2.77 bits per heavy atom. The minimum atomic E-state index is -0.675. The van der Waals surface area contributed by atoms with Crippen LogP contribution >= 0.6 is 0 Å². The monoisotopic (exact) mass is 471 g/mol. The van der Waals surface area contributed by atoms with E-state index in [0.717, 1.165) is 24.0 Å². The van der Waals surface area contributed by atoms with E-state index in [-0.39, 0.29) is 23.9 Å². The van der Waals surface area contributed by atoms with Gasteiger partial charge in [-0.2, -0.15) is 0 Å². The van der Waals surface area contributed by atoms with Crippen LogP contribution in [0.2, 0.25) is 0 Å². The number of pyridine rings is 1. The summed E-state index contributed by atoms with van der Waals surface area (Å²) in [7, 11) is 0. The lowest BCUT2D eigenvalue weighted by Crippen LogP contribution is -2.52. The fourth-order valence-corrected chi connectivity index (χ4v) is 4.63. The SMILES string of the molecule is O=C1CCC(N2Cc3ccc(-n4cc(C(=O)Nc5cnccc5C5CC5)nn4)cc3C2=O)C(=O)N1. The fourth-order valence-electron chi connectivity index (χ4n) is 4.63. The van der Waals surface area contributed by atoms with Gasteiger partial charge in [0.15, 0.2) is 5.69 Å². The van der Waals surface area contributed by atoms with Gasteiger partial charge >= 0.3 is 0 Å². The van der Waals surface area contributed by atoms with E-state index in [1.807, 2.05) is 6.07 Å². The minimum Gasteiger partial charge on any atom is -0.322 e. The average Bonchev–Trinajstić information content (AvgIpc) is 3.48. The molecule has 0 spiro atoms. The van der Waals surface area contributed by atoms with Crippen molar-refractivity contribution in [3.05, 3.63) is 65.2 Å². The summed E-state index contributed by atoms with van der Waals surface area (Å²) in [5.41, 5.74) is 3.68. The van der Waals surface area contributed by atoms with Crippen LogP contribution in [0.15, 0.2) is 42.9 Å². The number of nitrogens with one attached hydrogen (secondary N) is 2. The van der Waals surface area contributed by atoms with Crippen molar-refractivity contribution in [2.45, 2.75) is 44.2 Å². The summed E-state index contributed by atoms with van der Waals surface area (Å²) in [6.45, 7) is 0.292. The summed E-state index contributed by atoms with van der Waals surface area (Å²) in [4.78, 5) is 55.1. The van der Waals surface area contributed by atoms with Crippen LogP contribution in [0.4, 0.5) is 5.69 Å². The maximum atomic E-state index is 13.1. The molecular weight excluding hydrogens is 450 g/mol. The molecule has 2 aromatic heterocycles. The lowest BCUT2D eigenvalue weighted by atomic mass is 10.0. The first-order chi connectivity index (χ1) is 17.0. The zero-order valence-electron chi connectivity index (χ0n) is 18.6. The van der Waals surface area contributed by atoms with E-state index in [9.17, 15) is 19.2 Å². The van der Waals surface area contributed by atoms with Crippen molar-refractivity contribution in [1.82, 2.24) is 30.2 Å². The average molecular weight is 471 g/mol. The predicted octanol–water partition coefficient (Wildman–Crippen LogP) is 1.55. The van der Waals surface area contributed by atoms with E-state index >= 15 is 0 Å². The summed E-state index contributed by atoms with van der Waals surface area (Å²) < 4.78 is 1.43. The lowest BCUT2D eigenvalue weighted by molar-refractivity contribution is -0.136. The second-order valence-electron chi connectivity index (χ2n) is 8.98. The van der Waals surface area contributed by atoms with Crippen LogP contribution in [0.5, 0.6) is 0 Å². The molecule has 1 unspecified atom stereocenters. The Kier molecular flexibility index (Phi) is 4.90. The number of carbonyl (C=O) groups is 4. The van der Waals surface area contributed by atoms with Crippen molar-refractivity contribution in [3.8, 4) is 5.69 Å². The highest BCUT2D eigenvalue weighted by Gasteiger charge is 2.39. The predicted molar refractivity (Wildman–Crippen MR) is 122 cm³/mol. The Hall–Kier alpha value is -4.41. The minimum absolute atomic E-state index is 0.132. The molecule has 35 heavy (non-hydrogen) atoms. The van der Waals surface area contributed by atoms with Crippen molar-refractivity contribution in [2.75, 3.05) is 5.32 Å². The van der Waals surface area contributed by atoms with Crippen LogP contribution in [-0.4, -0.2) is 54.5 Å². The zero-order valence-corrected chi connectivity index (χ0v) is 18.6. The number of hydrogen-bond acceptors (Lipinski definition) is 7. The van der Waals surface area contributed by atoms with Gasteiger partial charge in [-0.05, 0) is 54.5 Å². The number of aromatic nitrogens is 4. The van der Waals surface area contributed by atoms with Crippen LogP contribution in [0.25, 0.3) is 5.69 Å². The molecule has 1 aliphatic carbocycles. The lowest BCUT2D eigenvalue weighted by Gasteiger charge is -2.29. The largest absolute Gasteiger partial charge is 0.322 e. The van der Waals surface area contributed by atoms with Gasteiger partial charge in [0, 0.05) is 24.7 Å². The molecule has 2 fully saturated rings. The highest BCUT2D eigenvalue weighted by atomic mass is 16.2. The second kappa shape index (κ2) is 8.12. The number of carbonyl (C=O) groups excluding carboxylic acids is 4. The maximum Gasteiger partial charge on any atom is 0.277 e. The molecule has 1 aromatic carbocycles. The van der Waals surface area contributed by atoms with E-state index in [2.05, 4.69) is 25.9 Å². The molecule has 1 saturated carbocycles. The number of fused-ring (bicyclic) bond motifs is 1. The number of anilines is 1. The van der Waals surface area contributed by atoms with Crippen molar-refractivity contribution in [1.29, 1.82) is 0 Å². The number of imide groups is 1. The third-order valence-corrected chi connectivity index (χ3v) is 6.62. The van der Waals surface area contributed by atoms with Crippen LogP contribution in [0, 0.1) is 0 Å². The summed E-state index contributed by atoms with van der Waals surface area (Å²) >= 11 is 0. The van der Waals surface area contributed by atoms with Crippen molar-refractivity contribution in [3.63, 3.8) is 0 Å². The molecule has 1 saturated heterocycles. The molecule has 3 aromatic rings. The van der Waals surface area contributed by atoms with Crippen molar-refractivity contribution >= 4 is 29.3 Å². The summed E-state index contributed by atoms with van der Waals surface area (Å²) in [6, 6.07) is 6.50. The smallest absolute Gasteiger partial charge is 0.277 e. The fraction of sp³-hybridized carbons (Fsp3) is 0.292. The molecule has 11 heteroatoms. The molecule has 1 atom stereocenters. The van der Waals surface area contributed by atoms with Gasteiger partial charge < -0.3 is 10.2 Å². The first kappa shape index (κ1) is 21.1. The number of rotatable bonds is 5. The van der Waals surface area contributed by atoms with Crippen LogP contribution in [0.1, 0.15) is 63.6 Å². The Bertz CT molecular complexity index is 1390. The van der Waals surface area contributed by atoms with Gasteiger partial charge in [-0.1, -0.05) is 11.3 Å². The number of nitrogens with zero attached hydrogens (tertiary/aromatic N) is 5. The Balaban J connectivity index is 1.20. The van der Waals surface area contributed by atoms with E-state index in [1.54, 1.807) is 30.6 Å². The zero-order chi connectivity index (χ0) is 24.1. The summed E-state index contributed by atoms with van der Waals surface area (Å²) in [5, 5.41) is 13.2. The van der Waals surface area contributed by atoms with Crippen LogP contribution < -0.4 is 10.6 Å². The van der Waals surface area contributed by atoms with E-state index in [4.69, 9.17) is 0 Å². The van der Waals surface area contributed by atoms with Crippen LogP contribution in [0.3, 0.4) is 0 Å². The Morgan fingerprint density at radius 1 is 1.11 bits per heavy atom. The number of amides is 4. The van der Waals surface area contributed by atoms with E-state index in [0.29, 0.717) is 35.8 Å². The Morgan fingerprint density at radius 2 is 1.97 bits per heavy atom. The van der Waals surface area contributed by atoms with Gasteiger partial charge in [0.25, 0.3) is 11.8 Å². The molecule has 6 rings (SSSR count). The third kappa shape index (κ3) is 3.84. The van der Waals surface area contributed by atoms with Crippen LogP contribution in [-0.2, 0) is 16.1 Å². The first-order valence-corrected chi connectivity index (χ1v) is 11.4. The molecule has 0 bridgehead atoms. The quantitative estimate of drug-likeness (QED) is 0.538. The highest BCUT2D eigenvalue weighted by molar-refractivity contribution is 6.05. The number of piperidine rings is 1. The van der Waals surface area contributed by atoms with Gasteiger partial charge in [0.05, 0.1) is 23.8 Å². The van der Waals surface area contributed by atoms with Gasteiger partial charge in [-0.3, -0.25) is 29.5 Å². The normalized spacial score (nSPS) is 19.5. The molecular formula is C24H21N7O4. The molecule has 3 aliphatic rings. The number of hydrogen-bond donors (Lipinski definition) is 2. The summed E-state index contributed by atoms with van der Waals surface area (Å²) in [5.74, 6) is -0.997. The third-order valence-electron chi connectivity index (χ3n) is 6.62. The molecule has 2 aliphatic heterocycles. The standard InChI is InChI=1S/C24H21N7O4/c32-21-6-5-20(23(34)27-21)30-11-14-3-4-15(9-17(14)24(30)35)31-12-19(28-29-31)22(33)26-18-10-25-8-7-16(18)13-1-2-13/h3-4,7-10,12-13,20H,1-2,5-6,11H2,(H,26,33)(H,27,32,34). The topological polar surface area (TPSA) is 139 Å². The highest BCUT2D eigenvalue weighted by Crippen LogP contribution is 2.43. The van der Waals surface area contributed by atoms with Crippen molar-refractivity contribution in [2.24, 2.45) is 0 Å². The summed E-state index contributed by atoms with van der Waals surface area (Å²) in [6.07, 6.45) is 7.56. The van der Waals surface area contributed by atoms with Gasteiger partial charge in [-0.15, -0.1) is 5.10 Å². The molecule has 176 valence electrons.